The lowest BCUT2D eigenvalue weighted by Crippen LogP contribution is -2.17. The van der Waals surface area contributed by atoms with Crippen LogP contribution in [0, 0.1) is 6.92 Å². The second-order valence-corrected chi connectivity index (χ2v) is 5.71. The summed E-state index contributed by atoms with van der Waals surface area (Å²) in [6.07, 6.45) is 1.61. The third-order valence-electron chi connectivity index (χ3n) is 3.82. The average Bonchev–Trinajstić information content (AvgIpc) is 3.26. The Kier molecular flexibility index (Phi) is 4.97. The minimum absolute atomic E-state index is 0.227. The van der Waals surface area contributed by atoms with Crippen LogP contribution >= 0.6 is 0 Å². The Labute approximate surface area is 152 Å². The van der Waals surface area contributed by atoms with Crippen molar-refractivity contribution in [1.82, 2.24) is 29.7 Å². The monoisotopic (exact) mass is 367 g/mol. The SMILES string of the molecule is Cc1cccc(Cn2c(=O)[nH]c3c(N)nc(-c4ccn[nH]4)nc32)c1.O=CO. The summed E-state index contributed by atoms with van der Waals surface area (Å²) in [6, 6.07) is 9.72. The molecule has 27 heavy (non-hydrogen) atoms. The number of anilines is 1. The van der Waals surface area contributed by atoms with Crippen molar-refractivity contribution in [3.05, 3.63) is 58.1 Å². The molecule has 0 saturated carbocycles. The maximum atomic E-state index is 12.3. The predicted molar refractivity (Wildman–Crippen MR) is 99.1 cm³/mol. The molecule has 0 bridgehead atoms. The molecule has 5 N–H and O–H groups in total. The van der Waals surface area contributed by atoms with Gasteiger partial charge in [-0.3, -0.25) is 14.5 Å². The van der Waals surface area contributed by atoms with Crippen LogP contribution in [0.3, 0.4) is 0 Å². The predicted octanol–water partition coefficient (Wildman–Crippen LogP) is 1.15. The van der Waals surface area contributed by atoms with Gasteiger partial charge >= 0.3 is 5.69 Å². The van der Waals surface area contributed by atoms with Crippen LogP contribution in [0.1, 0.15) is 11.1 Å². The van der Waals surface area contributed by atoms with Crippen LogP contribution in [-0.2, 0) is 11.3 Å². The van der Waals surface area contributed by atoms with Gasteiger partial charge in [0.25, 0.3) is 6.47 Å². The van der Waals surface area contributed by atoms with Crippen molar-refractivity contribution in [2.45, 2.75) is 13.5 Å². The molecule has 0 saturated heterocycles. The number of imidazole rings is 1. The number of carbonyl (C=O) groups is 1. The number of nitrogens with two attached hydrogens (primary N) is 1. The summed E-state index contributed by atoms with van der Waals surface area (Å²) in [7, 11) is 0. The Balaban J connectivity index is 0.000000659. The van der Waals surface area contributed by atoms with Crippen molar-refractivity contribution >= 4 is 23.5 Å². The Hall–Kier alpha value is -3.95. The van der Waals surface area contributed by atoms with Crippen LogP contribution in [0.15, 0.2) is 41.3 Å². The molecule has 0 spiro atoms. The van der Waals surface area contributed by atoms with E-state index in [0.717, 1.165) is 11.1 Å². The number of rotatable bonds is 3. The number of aromatic amines is 2. The van der Waals surface area contributed by atoms with Crippen molar-refractivity contribution in [2.75, 3.05) is 5.73 Å². The standard InChI is InChI=1S/C16H15N7O.CH2O2/c1-9-3-2-4-10(7-9)8-23-15-12(19-16(23)24)13(17)20-14(21-15)11-5-6-18-22-11;2-1-3/h2-7H,8H2,1H3,(H,18,22)(H,19,24)(H2,17,20,21);1H,(H,2,3). The minimum Gasteiger partial charge on any atom is -0.483 e. The molecule has 1 aromatic carbocycles. The average molecular weight is 367 g/mol. The fourth-order valence-corrected chi connectivity index (χ4v) is 2.69. The molecule has 10 nitrogen and oxygen atoms in total. The summed E-state index contributed by atoms with van der Waals surface area (Å²) >= 11 is 0. The molecular formula is C17H17N7O3. The molecule has 0 aliphatic heterocycles. The van der Waals surface area contributed by atoms with Gasteiger partial charge in [-0.15, -0.1) is 0 Å². The maximum absolute atomic E-state index is 12.3. The first-order valence-corrected chi connectivity index (χ1v) is 7.92. The Morgan fingerprint density at radius 3 is 2.74 bits per heavy atom. The van der Waals surface area contributed by atoms with Gasteiger partial charge in [0, 0.05) is 6.20 Å². The summed E-state index contributed by atoms with van der Waals surface area (Å²) in [6.45, 7) is 2.16. The first kappa shape index (κ1) is 17.9. The van der Waals surface area contributed by atoms with Gasteiger partial charge in [0.1, 0.15) is 11.2 Å². The highest BCUT2D eigenvalue weighted by Crippen LogP contribution is 2.20. The van der Waals surface area contributed by atoms with E-state index in [4.69, 9.17) is 15.6 Å². The van der Waals surface area contributed by atoms with Crippen LogP contribution in [-0.4, -0.2) is 41.3 Å². The van der Waals surface area contributed by atoms with Crippen LogP contribution in [0.5, 0.6) is 0 Å². The molecule has 4 rings (SSSR count). The van der Waals surface area contributed by atoms with Gasteiger partial charge in [0.2, 0.25) is 0 Å². The largest absolute Gasteiger partial charge is 0.483 e. The molecule has 3 aromatic heterocycles. The zero-order chi connectivity index (χ0) is 19.4. The maximum Gasteiger partial charge on any atom is 0.328 e. The van der Waals surface area contributed by atoms with Gasteiger partial charge in [0.05, 0.1) is 6.54 Å². The summed E-state index contributed by atoms with van der Waals surface area (Å²) < 4.78 is 1.56. The number of carboxylic acid groups (broad SMARTS) is 1. The van der Waals surface area contributed by atoms with Crippen molar-refractivity contribution in [1.29, 1.82) is 0 Å². The number of hydrogen-bond donors (Lipinski definition) is 4. The van der Waals surface area contributed by atoms with Gasteiger partial charge in [-0.25, -0.2) is 14.8 Å². The molecule has 0 aliphatic rings. The number of H-pyrrole nitrogens is 2. The fraction of sp³-hybridized carbons (Fsp3) is 0.118. The molecule has 0 unspecified atom stereocenters. The first-order valence-electron chi connectivity index (χ1n) is 7.92. The van der Waals surface area contributed by atoms with Crippen LogP contribution in [0.2, 0.25) is 0 Å². The Morgan fingerprint density at radius 1 is 1.30 bits per heavy atom. The zero-order valence-corrected chi connectivity index (χ0v) is 14.4. The summed E-state index contributed by atoms with van der Waals surface area (Å²) in [5.41, 5.74) is 9.42. The number of benzene rings is 1. The van der Waals surface area contributed by atoms with Crippen LogP contribution in [0.4, 0.5) is 5.82 Å². The molecular weight excluding hydrogens is 350 g/mol. The molecule has 0 radical (unpaired) electrons. The van der Waals surface area contributed by atoms with Gasteiger partial charge in [-0.1, -0.05) is 29.8 Å². The molecule has 10 heteroatoms. The lowest BCUT2D eigenvalue weighted by atomic mass is 10.1. The number of nitrogen functional groups attached to an aromatic ring is 1. The van der Waals surface area contributed by atoms with Gasteiger partial charge in [-0.05, 0) is 18.6 Å². The number of nitrogens with zero attached hydrogens (tertiary/aromatic N) is 4. The smallest absolute Gasteiger partial charge is 0.328 e. The Bertz CT molecular complexity index is 1130. The third kappa shape index (κ3) is 3.68. The highest BCUT2D eigenvalue weighted by atomic mass is 16.3. The van der Waals surface area contributed by atoms with E-state index in [1.807, 2.05) is 31.2 Å². The molecule has 4 aromatic rings. The van der Waals surface area contributed by atoms with Gasteiger partial charge in [0.15, 0.2) is 17.3 Å². The molecule has 0 atom stereocenters. The highest BCUT2D eigenvalue weighted by molar-refractivity contribution is 5.83. The normalized spacial score (nSPS) is 10.4. The third-order valence-corrected chi connectivity index (χ3v) is 3.82. The second kappa shape index (κ2) is 7.52. The van der Waals surface area contributed by atoms with E-state index in [1.165, 1.54) is 0 Å². The summed E-state index contributed by atoms with van der Waals surface area (Å²) in [4.78, 5) is 32.2. The lowest BCUT2D eigenvalue weighted by Gasteiger charge is -2.06. The number of nitrogens with one attached hydrogen (secondary N) is 2. The number of aromatic nitrogens is 6. The quantitative estimate of drug-likeness (QED) is 0.396. The van der Waals surface area contributed by atoms with E-state index < -0.39 is 0 Å². The van der Waals surface area contributed by atoms with E-state index in [0.29, 0.717) is 29.2 Å². The Morgan fingerprint density at radius 2 is 2.07 bits per heavy atom. The second-order valence-electron chi connectivity index (χ2n) is 5.71. The lowest BCUT2D eigenvalue weighted by molar-refractivity contribution is -0.122. The molecule has 0 amide bonds. The van der Waals surface area contributed by atoms with E-state index in [2.05, 4.69) is 25.1 Å². The van der Waals surface area contributed by atoms with E-state index in [1.54, 1.807) is 16.8 Å². The number of fused-ring (bicyclic) bond motifs is 1. The molecule has 3 heterocycles. The van der Waals surface area contributed by atoms with E-state index in [9.17, 15) is 4.79 Å². The van der Waals surface area contributed by atoms with Crippen molar-refractivity contribution in [3.8, 4) is 11.5 Å². The van der Waals surface area contributed by atoms with Crippen molar-refractivity contribution < 1.29 is 9.90 Å². The molecule has 0 aliphatic carbocycles. The van der Waals surface area contributed by atoms with Crippen molar-refractivity contribution in [3.63, 3.8) is 0 Å². The zero-order valence-electron chi connectivity index (χ0n) is 14.4. The van der Waals surface area contributed by atoms with Crippen LogP contribution in [0.25, 0.3) is 22.7 Å². The molecule has 138 valence electrons. The van der Waals surface area contributed by atoms with Crippen molar-refractivity contribution in [2.24, 2.45) is 0 Å². The van der Waals surface area contributed by atoms with Gasteiger partial charge < -0.3 is 15.8 Å². The fourth-order valence-electron chi connectivity index (χ4n) is 2.69. The number of hydrogen-bond acceptors (Lipinski definition) is 6. The van der Waals surface area contributed by atoms with Crippen LogP contribution < -0.4 is 11.4 Å². The topological polar surface area (TPSA) is 156 Å². The highest BCUT2D eigenvalue weighted by Gasteiger charge is 2.15. The van der Waals surface area contributed by atoms with E-state index in [-0.39, 0.29) is 18.0 Å². The minimum atomic E-state index is -0.269. The summed E-state index contributed by atoms with van der Waals surface area (Å²) in [5, 5.41) is 13.6. The molecule has 0 fully saturated rings. The van der Waals surface area contributed by atoms with Gasteiger partial charge in [-0.2, -0.15) is 5.10 Å². The first-order chi connectivity index (χ1) is 13.0. The number of aryl methyl sites for hydroxylation is 1. The summed E-state index contributed by atoms with van der Waals surface area (Å²) in [5.74, 6) is 0.624. The van der Waals surface area contributed by atoms with E-state index >= 15 is 0 Å².